The van der Waals surface area contributed by atoms with E-state index in [1.807, 2.05) is 13.0 Å². The number of fused-ring (bicyclic) bond motifs is 1. The zero-order valence-electron chi connectivity index (χ0n) is 15.3. The Balaban J connectivity index is 1.70. The maximum absolute atomic E-state index is 12.5. The van der Waals surface area contributed by atoms with Gasteiger partial charge in [0.25, 0.3) is 0 Å². The van der Waals surface area contributed by atoms with Gasteiger partial charge in [0.05, 0.1) is 13.0 Å². The van der Waals surface area contributed by atoms with E-state index in [4.69, 9.17) is 4.74 Å². The van der Waals surface area contributed by atoms with Gasteiger partial charge in [-0.2, -0.15) is 21.6 Å². The summed E-state index contributed by atoms with van der Waals surface area (Å²) in [6.07, 6.45) is 2.51. The molecule has 2 aliphatic rings. The summed E-state index contributed by atoms with van der Waals surface area (Å²) < 4.78 is 68.7. The number of hydrogen-bond acceptors (Lipinski definition) is 6. The first-order chi connectivity index (χ1) is 13.0. The lowest BCUT2D eigenvalue weighted by atomic mass is 9.83. The lowest BCUT2D eigenvalue weighted by Crippen LogP contribution is -2.51. The minimum Gasteiger partial charge on any atom is -0.469 e. The van der Waals surface area contributed by atoms with Gasteiger partial charge in [-0.3, -0.25) is 9.69 Å². The minimum absolute atomic E-state index is 0.105. The van der Waals surface area contributed by atoms with Gasteiger partial charge in [-0.15, -0.1) is 0 Å². The maximum Gasteiger partial charge on any atom is 0.534 e. The van der Waals surface area contributed by atoms with Gasteiger partial charge in [0, 0.05) is 19.6 Å². The molecule has 3 rings (SSSR count). The van der Waals surface area contributed by atoms with Crippen LogP contribution >= 0.6 is 0 Å². The lowest BCUT2D eigenvalue weighted by Gasteiger charge is -2.39. The third kappa shape index (κ3) is 4.17. The number of alkyl halides is 3. The van der Waals surface area contributed by atoms with Crippen molar-refractivity contribution in [2.75, 3.05) is 26.7 Å². The second-order valence-corrected chi connectivity index (χ2v) is 8.62. The monoisotopic (exact) mass is 419 g/mol. The van der Waals surface area contributed by atoms with Crippen LogP contribution in [0.1, 0.15) is 18.1 Å². The van der Waals surface area contributed by atoms with Crippen molar-refractivity contribution >= 4 is 22.2 Å². The summed E-state index contributed by atoms with van der Waals surface area (Å²) in [4.78, 5) is 13.6. The average Bonchev–Trinajstić information content (AvgIpc) is 2.56. The highest BCUT2D eigenvalue weighted by Crippen LogP contribution is 2.34. The Kier molecular flexibility index (Phi) is 5.46. The molecular formula is C18H20F3NO5S. The van der Waals surface area contributed by atoms with E-state index in [-0.39, 0.29) is 23.6 Å². The summed E-state index contributed by atoms with van der Waals surface area (Å²) in [6.45, 7) is 3.94. The molecule has 0 radical (unpaired) electrons. The Labute approximate surface area is 161 Å². The predicted molar refractivity (Wildman–Crippen MR) is 94.8 cm³/mol. The number of carbonyl (C=O) groups excluding carboxylic acids is 1. The van der Waals surface area contributed by atoms with E-state index in [1.165, 1.54) is 19.2 Å². The van der Waals surface area contributed by atoms with Crippen molar-refractivity contribution < 1.29 is 35.3 Å². The fraction of sp³-hybridized carbons (Fsp3) is 0.500. The number of benzene rings is 1. The summed E-state index contributed by atoms with van der Waals surface area (Å²) in [5, 5.41) is 0. The predicted octanol–water partition coefficient (Wildman–Crippen LogP) is 2.60. The number of hydrogen-bond donors (Lipinski definition) is 0. The third-order valence-corrected chi connectivity index (χ3v) is 5.98. The number of rotatable bonds is 5. The summed E-state index contributed by atoms with van der Waals surface area (Å²) >= 11 is 0. The summed E-state index contributed by atoms with van der Waals surface area (Å²) in [5.41, 5.74) is -2.79. The fourth-order valence-corrected chi connectivity index (χ4v) is 3.85. The van der Waals surface area contributed by atoms with Gasteiger partial charge in [0.1, 0.15) is 5.75 Å². The highest BCUT2D eigenvalue weighted by molar-refractivity contribution is 7.88. The topological polar surface area (TPSA) is 72.9 Å². The van der Waals surface area contributed by atoms with E-state index in [0.29, 0.717) is 26.1 Å². The fourth-order valence-electron chi connectivity index (χ4n) is 3.40. The first-order valence-corrected chi connectivity index (χ1v) is 10.1. The number of esters is 1. The molecule has 1 atom stereocenters. The quantitative estimate of drug-likeness (QED) is 0.415. The van der Waals surface area contributed by atoms with E-state index in [1.54, 1.807) is 6.07 Å². The summed E-state index contributed by atoms with van der Waals surface area (Å²) in [7, 11) is -4.32. The van der Waals surface area contributed by atoms with Gasteiger partial charge in [-0.05, 0) is 35.6 Å². The highest BCUT2D eigenvalue weighted by atomic mass is 32.2. The second kappa shape index (κ2) is 7.40. The Morgan fingerprint density at radius 2 is 1.96 bits per heavy atom. The molecule has 0 saturated carbocycles. The van der Waals surface area contributed by atoms with Crippen LogP contribution in [0.5, 0.6) is 5.75 Å². The first kappa shape index (κ1) is 20.7. The van der Waals surface area contributed by atoms with Gasteiger partial charge < -0.3 is 8.92 Å². The van der Waals surface area contributed by atoms with E-state index >= 15 is 0 Å². The molecule has 1 aromatic rings. The molecule has 1 aliphatic heterocycles. The third-order valence-electron chi connectivity index (χ3n) is 5.00. The number of likely N-dealkylation sites (tertiary alicyclic amines) is 1. The molecule has 1 fully saturated rings. The number of carbonyl (C=O) groups is 1. The van der Waals surface area contributed by atoms with Crippen LogP contribution in [0.3, 0.4) is 0 Å². The average molecular weight is 419 g/mol. The van der Waals surface area contributed by atoms with Crippen LogP contribution < -0.4 is 4.18 Å². The molecule has 1 heterocycles. The standard InChI is InChI=1S/C18H20F3NO5S/c1-11-5-13-7-16(27-28(24,25)18(19,20)21)4-3-12(13)6-14(11)8-22-9-15(10-22)17(23)26-2/h3-4,6-7,11,15H,5,8-10H2,1-2H3/t11-/m1/s1. The molecule has 0 unspecified atom stereocenters. The van der Waals surface area contributed by atoms with Crippen LogP contribution in [0.4, 0.5) is 13.2 Å². The zero-order chi connectivity index (χ0) is 20.7. The number of methoxy groups -OCH3 is 1. The van der Waals surface area contributed by atoms with Crippen LogP contribution in [0, 0.1) is 11.8 Å². The van der Waals surface area contributed by atoms with Gasteiger partial charge in [-0.25, -0.2) is 0 Å². The van der Waals surface area contributed by atoms with E-state index < -0.39 is 15.6 Å². The number of halogens is 3. The normalized spacial score (nSPS) is 20.8. The van der Waals surface area contributed by atoms with E-state index in [9.17, 15) is 26.4 Å². The largest absolute Gasteiger partial charge is 0.534 e. The van der Waals surface area contributed by atoms with Crippen molar-refractivity contribution in [1.82, 2.24) is 4.90 Å². The Morgan fingerprint density at radius 1 is 1.29 bits per heavy atom. The number of nitrogens with zero attached hydrogens (tertiary/aromatic N) is 1. The molecule has 0 bridgehead atoms. The molecule has 0 spiro atoms. The van der Waals surface area contributed by atoms with Crippen LogP contribution in [0.15, 0.2) is 23.8 Å². The van der Waals surface area contributed by atoms with Crippen molar-refractivity contribution in [1.29, 1.82) is 0 Å². The van der Waals surface area contributed by atoms with Gasteiger partial charge in [0.15, 0.2) is 0 Å². The Morgan fingerprint density at radius 3 is 2.57 bits per heavy atom. The van der Waals surface area contributed by atoms with Crippen molar-refractivity contribution in [3.63, 3.8) is 0 Å². The molecule has 0 N–H and O–H groups in total. The molecule has 1 aromatic carbocycles. The van der Waals surface area contributed by atoms with Crippen molar-refractivity contribution in [2.24, 2.45) is 11.8 Å². The summed E-state index contributed by atoms with van der Waals surface area (Å²) in [6, 6.07) is 4.10. The van der Waals surface area contributed by atoms with Crippen molar-refractivity contribution in [3.05, 3.63) is 34.9 Å². The van der Waals surface area contributed by atoms with Crippen LogP contribution in [-0.2, 0) is 26.1 Å². The SMILES string of the molecule is COC(=O)C1CN(CC2=Cc3ccc(OS(=O)(=O)C(F)(F)F)cc3C[C@H]2C)C1. The molecule has 1 saturated heterocycles. The molecule has 6 nitrogen and oxygen atoms in total. The lowest BCUT2D eigenvalue weighted by molar-refractivity contribution is -0.151. The summed E-state index contributed by atoms with van der Waals surface area (Å²) in [5.74, 6) is -0.552. The van der Waals surface area contributed by atoms with Crippen LogP contribution in [0.25, 0.3) is 6.08 Å². The van der Waals surface area contributed by atoms with Gasteiger partial charge in [0.2, 0.25) is 0 Å². The van der Waals surface area contributed by atoms with Gasteiger partial charge >= 0.3 is 21.6 Å². The molecule has 0 aromatic heterocycles. The first-order valence-electron chi connectivity index (χ1n) is 8.64. The molecular weight excluding hydrogens is 399 g/mol. The van der Waals surface area contributed by atoms with Crippen molar-refractivity contribution in [3.8, 4) is 5.75 Å². The van der Waals surface area contributed by atoms with E-state index in [0.717, 1.165) is 16.7 Å². The highest BCUT2D eigenvalue weighted by Gasteiger charge is 2.48. The van der Waals surface area contributed by atoms with Crippen LogP contribution in [0.2, 0.25) is 0 Å². The molecule has 1 aliphatic carbocycles. The van der Waals surface area contributed by atoms with E-state index in [2.05, 4.69) is 9.08 Å². The zero-order valence-corrected chi connectivity index (χ0v) is 16.1. The molecule has 10 heteroatoms. The smallest absolute Gasteiger partial charge is 0.469 e. The second-order valence-electron chi connectivity index (χ2n) is 7.08. The Hall–Kier alpha value is -2.07. The molecule has 0 amide bonds. The van der Waals surface area contributed by atoms with Gasteiger partial charge in [-0.1, -0.05) is 24.6 Å². The Bertz CT molecular complexity index is 904. The van der Waals surface area contributed by atoms with Crippen molar-refractivity contribution in [2.45, 2.75) is 18.9 Å². The molecule has 28 heavy (non-hydrogen) atoms. The minimum atomic E-state index is -5.69. The van der Waals surface area contributed by atoms with Crippen LogP contribution in [-0.4, -0.2) is 51.5 Å². The molecule has 154 valence electrons. The number of ether oxygens (including phenoxy) is 1. The maximum atomic E-state index is 12.5.